The maximum atomic E-state index is 12.6. The first-order chi connectivity index (χ1) is 14.8. The van der Waals surface area contributed by atoms with Gasteiger partial charge in [0.05, 0.1) is 11.3 Å². The third-order valence-corrected chi connectivity index (χ3v) is 5.64. The fourth-order valence-electron chi connectivity index (χ4n) is 4.08. The number of pyridine rings is 1. The molecule has 0 unspecified atom stereocenters. The first-order valence-electron chi connectivity index (χ1n) is 10.4. The van der Waals surface area contributed by atoms with Gasteiger partial charge in [-0.3, -0.25) is 4.79 Å². The number of anilines is 4. The number of nitrogens with one attached hydrogen (secondary N) is 1. The number of fused-ring (bicyclic) bond motifs is 1. The summed E-state index contributed by atoms with van der Waals surface area (Å²) in [7, 11) is 0. The Morgan fingerprint density at radius 2 is 1.60 bits per heavy atom. The van der Waals surface area contributed by atoms with Crippen molar-refractivity contribution in [1.29, 1.82) is 0 Å². The number of hydrogen-bond acceptors (Lipinski definition) is 7. The molecule has 1 aromatic carbocycles. The second kappa shape index (κ2) is 8.10. The number of carbonyl (C=O) groups is 1. The fourth-order valence-corrected chi connectivity index (χ4v) is 4.08. The zero-order chi connectivity index (χ0) is 20.3. The molecule has 7 nitrogen and oxygen atoms in total. The van der Waals surface area contributed by atoms with Crippen molar-refractivity contribution in [1.82, 2.24) is 15.0 Å². The number of para-hydroxylation sites is 1. The molecular weight excluding hydrogens is 376 g/mol. The van der Waals surface area contributed by atoms with Crippen molar-refractivity contribution < 1.29 is 4.79 Å². The lowest BCUT2D eigenvalue weighted by Gasteiger charge is -2.36. The van der Waals surface area contributed by atoms with E-state index >= 15 is 0 Å². The van der Waals surface area contributed by atoms with Crippen LogP contribution >= 0.6 is 0 Å². The van der Waals surface area contributed by atoms with E-state index in [0.717, 1.165) is 56.2 Å². The quantitative estimate of drug-likeness (QED) is 0.719. The monoisotopic (exact) mass is 400 g/mol. The van der Waals surface area contributed by atoms with Crippen LogP contribution in [-0.4, -0.2) is 46.9 Å². The molecule has 30 heavy (non-hydrogen) atoms. The largest absolute Gasteiger partial charge is 0.353 e. The highest BCUT2D eigenvalue weighted by atomic mass is 16.1. The van der Waals surface area contributed by atoms with Crippen LogP contribution in [0.15, 0.2) is 54.7 Å². The lowest BCUT2D eigenvalue weighted by molar-refractivity contribution is 0.0972. The average Bonchev–Trinajstić information content (AvgIpc) is 2.80. The Morgan fingerprint density at radius 3 is 2.37 bits per heavy atom. The van der Waals surface area contributed by atoms with E-state index in [9.17, 15) is 4.79 Å². The molecule has 3 heterocycles. The number of Topliss-reactive ketones (excluding diaryl/α,β-unsaturated/α-hetero) is 1. The van der Waals surface area contributed by atoms with Gasteiger partial charge >= 0.3 is 0 Å². The van der Waals surface area contributed by atoms with Crippen molar-refractivity contribution in [2.75, 3.05) is 41.3 Å². The number of aromatic nitrogens is 3. The van der Waals surface area contributed by atoms with Crippen LogP contribution in [-0.2, 0) is 6.42 Å². The fraction of sp³-hybridized carbons (Fsp3) is 0.304. The minimum absolute atomic E-state index is 0.126. The van der Waals surface area contributed by atoms with E-state index in [1.807, 2.05) is 54.7 Å². The summed E-state index contributed by atoms with van der Waals surface area (Å²) in [5, 5.41) is 3.36. The number of benzene rings is 1. The average molecular weight is 400 g/mol. The number of piperazine rings is 1. The van der Waals surface area contributed by atoms with E-state index in [-0.39, 0.29) is 5.78 Å². The van der Waals surface area contributed by atoms with Gasteiger partial charge in [-0.15, -0.1) is 0 Å². The molecule has 1 saturated heterocycles. The number of aryl methyl sites for hydroxylation is 1. The lowest BCUT2D eigenvalue weighted by atomic mass is 9.95. The van der Waals surface area contributed by atoms with Gasteiger partial charge in [-0.2, -0.15) is 4.98 Å². The number of nitrogens with zero attached hydrogens (tertiary/aromatic N) is 5. The SMILES string of the molecule is O=C1CCCc2nc(N3CCN(c4ccccn4)CC3)nc(Nc3ccccc3)c21. The second-order valence-corrected chi connectivity index (χ2v) is 7.62. The van der Waals surface area contributed by atoms with E-state index < -0.39 is 0 Å². The summed E-state index contributed by atoms with van der Waals surface area (Å²) in [6.07, 6.45) is 4.04. The van der Waals surface area contributed by atoms with Crippen molar-refractivity contribution in [2.24, 2.45) is 0 Å². The summed E-state index contributed by atoms with van der Waals surface area (Å²) in [5.41, 5.74) is 2.44. The van der Waals surface area contributed by atoms with Gasteiger partial charge in [-0.1, -0.05) is 24.3 Å². The zero-order valence-corrected chi connectivity index (χ0v) is 16.8. The minimum atomic E-state index is 0.126. The highest BCUT2D eigenvalue weighted by Gasteiger charge is 2.27. The Balaban J connectivity index is 1.42. The molecule has 1 N–H and O–H groups in total. The van der Waals surface area contributed by atoms with E-state index in [1.54, 1.807) is 0 Å². The highest BCUT2D eigenvalue weighted by molar-refractivity contribution is 6.03. The van der Waals surface area contributed by atoms with Crippen LogP contribution in [0.25, 0.3) is 0 Å². The molecule has 0 bridgehead atoms. The van der Waals surface area contributed by atoms with Crippen LogP contribution in [0.4, 0.5) is 23.3 Å². The molecule has 7 heteroatoms. The molecule has 0 atom stereocenters. The number of hydrogen-bond donors (Lipinski definition) is 1. The third-order valence-electron chi connectivity index (χ3n) is 5.64. The summed E-state index contributed by atoms with van der Waals surface area (Å²) in [4.78, 5) is 31.2. The first-order valence-corrected chi connectivity index (χ1v) is 10.4. The minimum Gasteiger partial charge on any atom is -0.353 e. The smallest absolute Gasteiger partial charge is 0.227 e. The molecule has 0 saturated carbocycles. The van der Waals surface area contributed by atoms with Crippen molar-refractivity contribution in [3.05, 3.63) is 66.0 Å². The van der Waals surface area contributed by atoms with Gasteiger partial charge in [0.25, 0.3) is 0 Å². The Hall–Kier alpha value is -3.48. The summed E-state index contributed by atoms with van der Waals surface area (Å²) in [5.74, 6) is 2.45. The Morgan fingerprint density at radius 1 is 0.833 bits per heavy atom. The number of rotatable bonds is 4. The number of ketones is 1. The van der Waals surface area contributed by atoms with Crippen LogP contribution in [0.3, 0.4) is 0 Å². The molecule has 5 rings (SSSR count). The topological polar surface area (TPSA) is 74.2 Å². The van der Waals surface area contributed by atoms with E-state index in [0.29, 0.717) is 23.8 Å². The molecule has 2 aliphatic rings. The molecule has 0 radical (unpaired) electrons. The maximum absolute atomic E-state index is 12.6. The molecule has 0 spiro atoms. The predicted molar refractivity (Wildman–Crippen MR) is 118 cm³/mol. The van der Waals surface area contributed by atoms with E-state index in [2.05, 4.69) is 20.1 Å². The van der Waals surface area contributed by atoms with E-state index in [1.165, 1.54) is 0 Å². The first kappa shape index (κ1) is 18.5. The van der Waals surface area contributed by atoms with Crippen molar-refractivity contribution >= 4 is 29.1 Å². The van der Waals surface area contributed by atoms with Gasteiger partial charge in [0.15, 0.2) is 5.78 Å². The zero-order valence-electron chi connectivity index (χ0n) is 16.8. The normalized spacial score (nSPS) is 16.3. The highest BCUT2D eigenvalue weighted by Crippen LogP contribution is 2.30. The summed E-state index contributed by atoms with van der Waals surface area (Å²) >= 11 is 0. The van der Waals surface area contributed by atoms with Crippen LogP contribution in [0.5, 0.6) is 0 Å². The van der Waals surface area contributed by atoms with Gasteiger partial charge in [0, 0.05) is 44.5 Å². The standard InChI is InChI=1S/C23H24N6O/c30-19-10-6-9-18-21(19)22(25-17-7-2-1-3-8-17)27-23(26-18)29-15-13-28(14-16-29)20-11-4-5-12-24-20/h1-5,7-8,11-12H,6,9-10,13-16H2,(H,25,26,27). The van der Waals surface area contributed by atoms with E-state index in [4.69, 9.17) is 9.97 Å². The Kier molecular flexibility index (Phi) is 5.01. The Labute approximate surface area is 175 Å². The summed E-state index contributed by atoms with van der Waals surface area (Å²) < 4.78 is 0. The van der Waals surface area contributed by atoms with Gasteiger partial charge in [-0.05, 0) is 37.1 Å². The lowest BCUT2D eigenvalue weighted by Crippen LogP contribution is -2.47. The molecule has 1 aliphatic heterocycles. The summed E-state index contributed by atoms with van der Waals surface area (Å²) in [6, 6.07) is 15.9. The summed E-state index contributed by atoms with van der Waals surface area (Å²) in [6.45, 7) is 3.35. The van der Waals surface area contributed by atoms with Crippen LogP contribution in [0.2, 0.25) is 0 Å². The molecule has 1 fully saturated rings. The maximum Gasteiger partial charge on any atom is 0.227 e. The molecule has 0 amide bonds. The predicted octanol–water partition coefficient (Wildman–Crippen LogP) is 3.46. The van der Waals surface area contributed by atoms with Crippen molar-refractivity contribution in [3.63, 3.8) is 0 Å². The third kappa shape index (κ3) is 3.70. The molecular formula is C23H24N6O. The number of carbonyl (C=O) groups excluding carboxylic acids is 1. The molecule has 3 aromatic rings. The van der Waals surface area contributed by atoms with Crippen LogP contribution in [0, 0.1) is 0 Å². The van der Waals surface area contributed by atoms with Crippen LogP contribution < -0.4 is 15.1 Å². The van der Waals surface area contributed by atoms with Gasteiger partial charge in [-0.25, -0.2) is 9.97 Å². The molecule has 2 aromatic heterocycles. The van der Waals surface area contributed by atoms with Crippen molar-refractivity contribution in [2.45, 2.75) is 19.3 Å². The van der Waals surface area contributed by atoms with Crippen molar-refractivity contribution in [3.8, 4) is 0 Å². The molecule has 152 valence electrons. The van der Waals surface area contributed by atoms with Gasteiger partial charge in [0.2, 0.25) is 5.95 Å². The van der Waals surface area contributed by atoms with Gasteiger partial charge < -0.3 is 15.1 Å². The second-order valence-electron chi connectivity index (χ2n) is 7.62. The Bertz CT molecular complexity index is 1030. The van der Waals surface area contributed by atoms with Gasteiger partial charge in [0.1, 0.15) is 11.6 Å². The van der Waals surface area contributed by atoms with Crippen LogP contribution in [0.1, 0.15) is 28.9 Å². The molecule has 1 aliphatic carbocycles.